The molecule has 0 radical (unpaired) electrons. The first kappa shape index (κ1) is 15.4. The molecule has 0 aromatic heterocycles. The van der Waals surface area contributed by atoms with E-state index in [0.717, 1.165) is 31.1 Å². The summed E-state index contributed by atoms with van der Waals surface area (Å²) in [6, 6.07) is 19.6. The molecule has 0 aliphatic carbocycles. The predicted octanol–water partition coefficient (Wildman–Crippen LogP) is 4.09. The molecule has 1 saturated heterocycles. The van der Waals surface area contributed by atoms with E-state index in [0.29, 0.717) is 6.04 Å². The lowest BCUT2D eigenvalue weighted by Gasteiger charge is -2.33. The molecule has 2 nitrogen and oxygen atoms in total. The molecule has 1 fully saturated rings. The maximum absolute atomic E-state index is 6.05. The van der Waals surface area contributed by atoms with Gasteiger partial charge < -0.3 is 9.80 Å². The summed E-state index contributed by atoms with van der Waals surface area (Å²) >= 11 is 6.05. The van der Waals surface area contributed by atoms with Crippen LogP contribution in [0.25, 0.3) is 0 Å². The minimum Gasteiger partial charge on any atom is -0.367 e. The van der Waals surface area contributed by atoms with Crippen LogP contribution in [-0.2, 0) is 6.42 Å². The summed E-state index contributed by atoms with van der Waals surface area (Å²) in [4.78, 5) is 5.00. The first-order chi connectivity index (χ1) is 10.7. The van der Waals surface area contributed by atoms with Crippen LogP contribution in [0.2, 0.25) is 5.02 Å². The molecule has 2 aromatic carbocycles. The molecule has 0 spiro atoms. The van der Waals surface area contributed by atoms with Crippen LogP contribution in [0.1, 0.15) is 12.0 Å². The normalized spacial score (nSPS) is 19.9. The third-order valence-corrected chi connectivity index (χ3v) is 4.63. The van der Waals surface area contributed by atoms with Gasteiger partial charge in [0.25, 0.3) is 0 Å². The molecule has 116 valence electrons. The van der Waals surface area contributed by atoms with Crippen molar-refractivity contribution in [2.75, 3.05) is 31.6 Å². The maximum atomic E-state index is 6.05. The van der Waals surface area contributed by atoms with Crippen molar-refractivity contribution in [1.82, 2.24) is 4.90 Å². The lowest BCUT2D eigenvalue weighted by atomic mass is 10.0. The first-order valence-electron chi connectivity index (χ1n) is 7.97. The van der Waals surface area contributed by atoms with Crippen molar-refractivity contribution in [3.05, 3.63) is 65.2 Å². The Hall–Kier alpha value is -1.51. The van der Waals surface area contributed by atoms with E-state index in [1.54, 1.807) is 0 Å². The van der Waals surface area contributed by atoms with Gasteiger partial charge in [-0.25, -0.2) is 0 Å². The van der Waals surface area contributed by atoms with Crippen LogP contribution in [0.5, 0.6) is 0 Å². The number of nitrogens with zero attached hydrogens (tertiary/aromatic N) is 2. The Labute approximate surface area is 138 Å². The number of benzene rings is 2. The van der Waals surface area contributed by atoms with Gasteiger partial charge in [-0.15, -0.1) is 0 Å². The van der Waals surface area contributed by atoms with Crippen LogP contribution in [0, 0.1) is 0 Å². The second-order valence-electron chi connectivity index (χ2n) is 6.13. The first-order valence-corrected chi connectivity index (χ1v) is 8.35. The van der Waals surface area contributed by atoms with Gasteiger partial charge in [0.15, 0.2) is 0 Å². The SMILES string of the molecule is CN1CCCN(c2ccc(Cl)cc2)C(Cc2ccccc2)C1. The molecule has 1 aliphatic heterocycles. The molecule has 22 heavy (non-hydrogen) atoms. The van der Waals surface area contributed by atoms with E-state index < -0.39 is 0 Å². The fourth-order valence-corrected chi connectivity index (χ4v) is 3.40. The molecule has 1 aliphatic rings. The number of hydrogen-bond acceptors (Lipinski definition) is 2. The van der Waals surface area contributed by atoms with Crippen LogP contribution in [0.15, 0.2) is 54.6 Å². The van der Waals surface area contributed by atoms with E-state index in [1.165, 1.54) is 17.7 Å². The van der Waals surface area contributed by atoms with E-state index in [4.69, 9.17) is 11.6 Å². The molecule has 1 heterocycles. The van der Waals surface area contributed by atoms with E-state index in [9.17, 15) is 0 Å². The Morgan fingerprint density at radius 3 is 2.45 bits per heavy atom. The lowest BCUT2D eigenvalue weighted by Crippen LogP contribution is -2.41. The summed E-state index contributed by atoms with van der Waals surface area (Å²) in [5.74, 6) is 0. The van der Waals surface area contributed by atoms with Crippen molar-refractivity contribution in [3.63, 3.8) is 0 Å². The van der Waals surface area contributed by atoms with E-state index in [1.807, 2.05) is 12.1 Å². The molecular formula is C19H23ClN2. The lowest BCUT2D eigenvalue weighted by molar-refractivity contribution is 0.330. The van der Waals surface area contributed by atoms with Crippen LogP contribution in [0.3, 0.4) is 0 Å². The van der Waals surface area contributed by atoms with Crippen molar-refractivity contribution in [3.8, 4) is 0 Å². The highest BCUT2D eigenvalue weighted by Gasteiger charge is 2.23. The van der Waals surface area contributed by atoms with Gasteiger partial charge in [-0.3, -0.25) is 0 Å². The Morgan fingerprint density at radius 2 is 1.73 bits per heavy atom. The molecule has 1 atom stereocenters. The molecule has 0 saturated carbocycles. The summed E-state index contributed by atoms with van der Waals surface area (Å²) in [5, 5.41) is 0.801. The van der Waals surface area contributed by atoms with Crippen molar-refractivity contribution in [1.29, 1.82) is 0 Å². The topological polar surface area (TPSA) is 6.48 Å². The van der Waals surface area contributed by atoms with E-state index in [-0.39, 0.29) is 0 Å². The number of rotatable bonds is 3. The molecule has 0 amide bonds. The molecular weight excluding hydrogens is 292 g/mol. The third-order valence-electron chi connectivity index (χ3n) is 4.37. The average Bonchev–Trinajstić information content (AvgIpc) is 2.70. The summed E-state index contributed by atoms with van der Waals surface area (Å²) in [6.07, 6.45) is 2.28. The van der Waals surface area contributed by atoms with Crippen LogP contribution in [0.4, 0.5) is 5.69 Å². The van der Waals surface area contributed by atoms with Crippen LogP contribution < -0.4 is 4.90 Å². The summed E-state index contributed by atoms with van der Waals surface area (Å²) in [5.41, 5.74) is 2.68. The zero-order valence-electron chi connectivity index (χ0n) is 13.1. The monoisotopic (exact) mass is 314 g/mol. The Kier molecular flexibility index (Phi) is 5.01. The zero-order chi connectivity index (χ0) is 15.4. The van der Waals surface area contributed by atoms with Crippen LogP contribution in [-0.4, -0.2) is 37.6 Å². The number of halogens is 1. The van der Waals surface area contributed by atoms with Crippen molar-refractivity contribution in [2.24, 2.45) is 0 Å². The van der Waals surface area contributed by atoms with Gasteiger partial charge in [0.1, 0.15) is 0 Å². The fourth-order valence-electron chi connectivity index (χ4n) is 3.28. The highest BCUT2D eigenvalue weighted by Crippen LogP contribution is 2.24. The van der Waals surface area contributed by atoms with Gasteiger partial charge >= 0.3 is 0 Å². The van der Waals surface area contributed by atoms with Crippen molar-refractivity contribution < 1.29 is 0 Å². The van der Waals surface area contributed by atoms with Gasteiger partial charge in [-0.05, 0) is 56.3 Å². The van der Waals surface area contributed by atoms with E-state index in [2.05, 4.69) is 59.3 Å². The fraction of sp³-hybridized carbons (Fsp3) is 0.368. The van der Waals surface area contributed by atoms with Gasteiger partial charge in [0.2, 0.25) is 0 Å². The standard InChI is InChI=1S/C19H23ClN2/c1-21-12-5-13-22(18-10-8-17(20)9-11-18)19(15-21)14-16-6-3-2-4-7-16/h2-4,6-11,19H,5,12-15H2,1H3. The summed E-state index contributed by atoms with van der Waals surface area (Å²) in [7, 11) is 2.23. The van der Waals surface area contributed by atoms with Gasteiger partial charge in [-0.2, -0.15) is 0 Å². The number of likely N-dealkylation sites (N-methyl/N-ethyl adjacent to an activating group) is 1. The minimum atomic E-state index is 0.496. The molecule has 0 N–H and O–H groups in total. The Balaban J connectivity index is 1.84. The quantitative estimate of drug-likeness (QED) is 0.842. The predicted molar refractivity (Wildman–Crippen MR) is 94.8 cm³/mol. The molecule has 3 heteroatoms. The molecule has 0 bridgehead atoms. The molecule has 3 rings (SSSR count). The minimum absolute atomic E-state index is 0.496. The van der Waals surface area contributed by atoms with Gasteiger partial charge in [-0.1, -0.05) is 41.9 Å². The van der Waals surface area contributed by atoms with E-state index >= 15 is 0 Å². The third kappa shape index (κ3) is 3.82. The summed E-state index contributed by atoms with van der Waals surface area (Å²) < 4.78 is 0. The van der Waals surface area contributed by atoms with Gasteiger partial charge in [0.05, 0.1) is 0 Å². The number of hydrogen-bond donors (Lipinski definition) is 0. The highest BCUT2D eigenvalue weighted by molar-refractivity contribution is 6.30. The Bertz CT molecular complexity index is 582. The second kappa shape index (κ2) is 7.17. The maximum Gasteiger partial charge on any atom is 0.0457 e. The smallest absolute Gasteiger partial charge is 0.0457 e. The zero-order valence-corrected chi connectivity index (χ0v) is 13.8. The average molecular weight is 315 g/mol. The van der Waals surface area contributed by atoms with Crippen LogP contribution >= 0.6 is 11.6 Å². The van der Waals surface area contributed by atoms with Crippen molar-refractivity contribution >= 4 is 17.3 Å². The summed E-state index contributed by atoms with van der Waals surface area (Å²) in [6.45, 7) is 3.36. The second-order valence-corrected chi connectivity index (χ2v) is 6.57. The van der Waals surface area contributed by atoms with Gasteiger partial charge in [0, 0.05) is 29.8 Å². The number of anilines is 1. The Morgan fingerprint density at radius 1 is 1.00 bits per heavy atom. The highest BCUT2D eigenvalue weighted by atomic mass is 35.5. The molecule has 1 unspecified atom stereocenters. The van der Waals surface area contributed by atoms with Crippen molar-refractivity contribution in [2.45, 2.75) is 18.9 Å². The largest absolute Gasteiger partial charge is 0.367 e. The molecule has 2 aromatic rings.